The molecule has 1 fully saturated rings. The zero-order chi connectivity index (χ0) is 16.2. The molecule has 1 aromatic carbocycles. The number of fused-ring (bicyclic) bond motifs is 1. The van der Waals surface area contributed by atoms with Crippen molar-refractivity contribution in [1.82, 2.24) is 15.2 Å². The van der Waals surface area contributed by atoms with Crippen LogP contribution in [0, 0.1) is 6.92 Å². The molecule has 122 valence electrons. The summed E-state index contributed by atoms with van der Waals surface area (Å²) >= 11 is 0. The Hall–Kier alpha value is -2.30. The van der Waals surface area contributed by atoms with Crippen molar-refractivity contribution in [1.29, 1.82) is 0 Å². The number of hydrogen-bond donors (Lipinski definition) is 2. The minimum Gasteiger partial charge on any atom is -0.358 e. The number of H-pyrrole nitrogens is 1. The van der Waals surface area contributed by atoms with Gasteiger partial charge in [0.25, 0.3) is 0 Å². The molecule has 1 aromatic heterocycles. The van der Waals surface area contributed by atoms with Gasteiger partial charge in [0.1, 0.15) is 0 Å². The highest BCUT2D eigenvalue weighted by molar-refractivity contribution is 5.90. The molecule has 2 heterocycles. The maximum Gasteiger partial charge on any atom is 0.224 e. The van der Waals surface area contributed by atoms with E-state index in [4.69, 9.17) is 0 Å². The van der Waals surface area contributed by atoms with Crippen molar-refractivity contribution in [2.45, 2.75) is 32.6 Å². The lowest BCUT2D eigenvalue weighted by atomic mass is 10.1. The van der Waals surface area contributed by atoms with E-state index in [0.29, 0.717) is 19.4 Å². The average molecular weight is 313 g/mol. The number of para-hydroxylation sites is 1. The molecule has 0 atom stereocenters. The quantitative estimate of drug-likeness (QED) is 0.888. The first-order valence-electron chi connectivity index (χ1n) is 8.26. The number of aryl methyl sites for hydroxylation is 1. The molecule has 3 rings (SSSR count). The number of likely N-dealkylation sites (tertiary alicyclic amines) is 1. The van der Waals surface area contributed by atoms with Crippen LogP contribution >= 0.6 is 0 Å². The second-order valence-corrected chi connectivity index (χ2v) is 6.14. The van der Waals surface area contributed by atoms with E-state index >= 15 is 0 Å². The molecule has 0 spiro atoms. The summed E-state index contributed by atoms with van der Waals surface area (Å²) in [5.74, 6) is 0.109. The molecule has 0 bridgehead atoms. The standard InChI is InChI=1S/C18H23N3O2/c1-13-15(14-6-2-3-7-16(14)20-13)12-17(22)19-9-8-18(23)21-10-4-5-11-21/h2-3,6-7,20H,4-5,8-12H2,1H3,(H,19,22). The number of aromatic amines is 1. The first-order chi connectivity index (χ1) is 11.1. The van der Waals surface area contributed by atoms with E-state index in [2.05, 4.69) is 10.3 Å². The van der Waals surface area contributed by atoms with E-state index in [1.807, 2.05) is 36.1 Å². The summed E-state index contributed by atoms with van der Waals surface area (Å²) < 4.78 is 0. The zero-order valence-corrected chi connectivity index (χ0v) is 13.5. The second-order valence-electron chi connectivity index (χ2n) is 6.14. The van der Waals surface area contributed by atoms with E-state index in [1.54, 1.807) is 0 Å². The van der Waals surface area contributed by atoms with Gasteiger partial charge in [0.15, 0.2) is 0 Å². The maximum absolute atomic E-state index is 12.2. The number of carbonyl (C=O) groups is 2. The zero-order valence-electron chi connectivity index (χ0n) is 13.5. The van der Waals surface area contributed by atoms with Gasteiger partial charge in [-0.05, 0) is 31.4 Å². The lowest BCUT2D eigenvalue weighted by molar-refractivity contribution is -0.130. The summed E-state index contributed by atoms with van der Waals surface area (Å²) in [4.78, 5) is 29.3. The van der Waals surface area contributed by atoms with Crippen molar-refractivity contribution < 1.29 is 9.59 Å². The van der Waals surface area contributed by atoms with Gasteiger partial charge >= 0.3 is 0 Å². The fourth-order valence-electron chi connectivity index (χ4n) is 3.22. The third-order valence-corrected chi connectivity index (χ3v) is 4.48. The largest absolute Gasteiger partial charge is 0.358 e. The minimum absolute atomic E-state index is 0.0351. The van der Waals surface area contributed by atoms with Gasteiger partial charge in [0, 0.05) is 42.7 Å². The van der Waals surface area contributed by atoms with Gasteiger partial charge in [-0.25, -0.2) is 0 Å². The van der Waals surface area contributed by atoms with Gasteiger partial charge < -0.3 is 15.2 Å². The molecule has 1 aliphatic heterocycles. The first-order valence-corrected chi connectivity index (χ1v) is 8.26. The SMILES string of the molecule is Cc1[nH]c2ccccc2c1CC(=O)NCCC(=O)N1CCCC1. The number of amides is 2. The molecule has 5 heteroatoms. The van der Waals surface area contributed by atoms with Crippen LogP contribution in [-0.2, 0) is 16.0 Å². The molecule has 0 aliphatic carbocycles. The smallest absolute Gasteiger partial charge is 0.224 e. The number of rotatable bonds is 5. The van der Waals surface area contributed by atoms with Crippen LogP contribution in [0.2, 0.25) is 0 Å². The van der Waals surface area contributed by atoms with Crippen molar-refractivity contribution in [2.24, 2.45) is 0 Å². The molecule has 0 unspecified atom stereocenters. The number of carbonyl (C=O) groups excluding carboxylic acids is 2. The molecule has 2 N–H and O–H groups in total. The van der Waals surface area contributed by atoms with Gasteiger partial charge in [-0.1, -0.05) is 18.2 Å². The lowest BCUT2D eigenvalue weighted by Gasteiger charge is -2.15. The fourth-order valence-corrected chi connectivity index (χ4v) is 3.22. The Labute approximate surface area is 136 Å². The van der Waals surface area contributed by atoms with E-state index in [1.165, 1.54) is 0 Å². The summed E-state index contributed by atoms with van der Waals surface area (Å²) in [6.45, 7) is 4.12. The van der Waals surface area contributed by atoms with Crippen LogP contribution in [0.3, 0.4) is 0 Å². The van der Waals surface area contributed by atoms with Crippen molar-refractivity contribution in [2.75, 3.05) is 19.6 Å². The van der Waals surface area contributed by atoms with Gasteiger partial charge in [0.05, 0.1) is 6.42 Å². The van der Waals surface area contributed by atoms with Gasteiger partial charge in [-0.15, -0.1) is 0 Å². The maximum atomic E-state index is 12.2. The Balaban J connectivity index is 1.52. The topological polar surface area (TPSA) is 65.2 Å². The van der Waals surface area contributed by atoms with Crippen LogP contribution in [0.15, 0.2) is 24.3 Å². The monoisotopic (exact) mass is 313 g/mol. The summed E-state index contributed by atoms with van der Waals surface area (Å²) in [7, 11) is 0. The van der Waals surface area contributed by atoms with Crippen LogP contribution in [0.1, 0.15) is 30.5 Å². The third-order valence-electron chi connectivity index (χ3n) is 4.48. The van der Waals surface area contributed by atoms with Crippen molar-refractivity contribution in [3.8, 4) is 0 Å². The Morgan fingerprint density at radius 3 is 2.74 bits per heavy atom. The highest BCUT2D eigenvalue weighted by Crippen LogP contribution is 2.22. The molecule has 0 saturated carbocycles. The molecule has 23 heavy (non-hydrogen) atoms. The van der Waals surface area contributed by atoms with Crippen LogP contribution in [0.5, 0.6) is 0 Å². The highest BCUT2D eigenvalue weighted by Gasteiger charge is 2.18. The summed E-state index contributed by atoms with van der Waals surface area (Å²) in [6.07, 6.45) is 2.92. The predicted molar refractivity (Wildman–Crippen MR) is 90.2 cm³/mol. The molecule has 1 aliphatic rings. The normalized spacial score (nSPS) is 14.4. The van der Waals surface area contributed by atoms with E-state index in [9.17, 15) is 9.59 Å². The Morgan fingerprint density at radius 2 is 1.96 bits per heavy atom. The first kappa shape index (κ1) is 15.6. The van der Waals surface area contributed by atoms with Gasteiger partial charge in [-0.2, -0.15) is 0 Å². The summed E-state index contributed by atoms with van der Waals surface area (Å²) in [6, 6.07) is 7.99. The number of benzene rings is 1. The second kappa shape index (κ2) is 6.86. The van der Waals surface area contributed by atoms with Crippen LogP contribution in [-0.4, -0.2) is 41.3 Å². The Kier molecular flexibility index (Phi) is 4.65. The number of hydrogen-bond acceptors (Lipinski definition) is 2. The molecule has 2 amide bonds. The Bertz CT molecular complexity index is 714. The molecule has 5 nitrogen and oxygen atoms in total. The number of nitrogens with zero attached hydrogens (tertiary/aromatic N) is 1. The summed E-state index contributed by atoms with van der Waals surface area (Å²) in [5, 5.41) is 3.96. The third kappa shape index (κ3) is 3.55. The fraction of sp³-hybridized carbons (Fsp3) is 0.444. The minimum atomic E-state index is -0.0351. The molecular weight excluding hydrogens is 290 g/mol. The summed E-state index contributed by atoms with van der Waals surface area (Å²) in [5.41, 5.74) is 3.11. The van der Waals surface area contributed by atoms with Gasteiger partial charge in [-0.3, -0.25) is 9.59 Å². The number of nitrogens with one attached hydrogen (secondary N) is 2. The highest BCUT2D eigenvalue weighted by atomic mass is 16.2. The molecular formula is C18H23N3O2. The van der Waals surface area contributed by atoms with E-state index in [-0.39, 0.29) is 11.8 Å². The van der Waals surface area contributed by atoms with Crippen LogP contribution < -0.4 is 5.32 Å². The van der Waals surface area contributed by atoms with E-state index in [0.717, 1.165) is 48.1 Å². The Morgan fingerprint density at radius 1 is 1.22 bits per heavy atom. The van der Waals surface area contributed by atoms with Crippen LogP contribution in [0.25, 0.3) is 10.9 Å². The van der Waals surface area contributed by atoms with Crippen LogP contribution in [0.4, 0.5) is 0 Å². The predicted octanol–water partition coefficient (Wildman–Crippen LogP) is 2.15. The van der Waals surface area contributed by atoms with Gasteiger partial charge in [0.2, 0.25) is 11.8 Å². The molecule has 0 radical (unpaired) electrons. The van der Waals surface area contributed by atoms with E-state index < -0.39 is 0 Å². The average Bonchev–Trinajstić information content (AvgIpc) is 3.16. The molecule has 1 saturated heterocycles. The van der Waals surface area contributed by atoms with Crippen molar-refractivity contribution in [3.63, 3.8) is 0 Å². The van der Waals surface area contributed by atoms with Crippen molar-refractivity contribution >= 4 is 22.7 Å². The number of aromatic nitrogens is 1. The van der Waals surface area contributed by atoms with Crippen molar-refractivity contribution in [3.05, 3.63) is 35.5 Å². The molecule has 2 aromatic rings. The lowest BCUT2D eigenvalue weighted by Crippen LogP contribution is -2.33.